The monoisotopic (exact) mass is 304 g/mol. The summed E-state index contributed by atoms with van der Waals surface area (Å²) in [6, 6.07) is 0. The van der Waals surface area contributed by atoms with Crippen molar-refractivity contribution in [1.82, 2.24) is 0 Å². The number of aliphatic carboxylic acids is 1. The van der Waals surface area contributed by atoms with Gasteiger partial charge in [0.2, 0.25) is 0 Å². The number of carboxylic acid groups (broad SMARTS) is 1. The van der Waals surface area contributed by atoms with Gasteiger partial charge in [0.15, 0.2) is 0 Å². The third-order valence-electron chi connectivity index (χ3n) is 3.22. The van der Waals surface area contributed by atoms with E-state index in [0.717, 1.165) is 25.7 Å². The van der Waals surface area contributed by atoms with E-state index >= 15 is 0 Å². The van der Waals surface area contributed by atoms with Gasteiger partial charge in [-0.2, -0.15) is 0 Å². The van der Waals surface area contributed by atoms with E-state index in [1.165, 1.54) is 25.7 Å². The van der Waals surface area contributed by atoms with Crippen molar-refractivity contribution in [2.75, 3.05) is 0 Å². The molecule has 0 unspecified atom stereocenters. The third kappa shape index (κ3) is 18.4. The minimum absolute atomic E-state index is 0.256. The van der Waals surface area contributed by atoms with Crippen LogP contribution in [0.3, 0.4) is 0 Å². The van der Waals surface area contributed by atoms with Crippen LogP contribution < -0.4 is 0 Å². The number of hydrogen-bond acceptors (Lipinski definition) is 1. The summed E-state index contributed by atoms with van der Waals surface area (Å²) in [6.07, 6.45) is 27.3. The summed E-state index contributed by atoms with van der Waals surface area (Å²) in [7, 11) is 0. The van der Waals surface area contributed by atoms with Gasteiger partial charge in [-0.05, 0) is 44.9 Å². The van der Waals surface area contributed by atoms with Crippen molar-refractivity contribution in [3.63, 3.8) is 0 Å². The van der Waals surface area contributed by atoms with E-state index in [9.17, 15) is 4.79 Å². The fourth-order valence-electron chi connectivity index (χ4n) is 1.93. The second-order valence-electron chi connectivity index (χ2n) is 5.39. The lowest BCUT2D eigenvalue weighted by Crippen LogP contribution is -1.92. The average molecular weight is 304 g/mol. The molecule has 0 radical (unpaired) electrons. The van der Waals surface area contributed by atoms with Crippen LogP contribution in [0, 0.1) is 0 Å². The Balaban J connectivity index is 3.40. The minimum Gasteiger partial charge on any atom is -0.481 e. The van der Waals surface area contributed by atoms with Gasteiger partial charge in [-0.25, -0.2) is 0 Å². The first-order valence-electron chi connectivity index (χ1n) is 8.60. The Kier molecular flexibility index (Phi) is 16.2. The molecule has 0 saturated carbocycles. The maximum absolute atomic E-state index is 10.3. The molecule has 0 aliphatic rings. The topological polar surface area (TPSA) is 37.3 Å². The highest BCUT2D eigenvalue weighted by atomic mass is 16.4. The first-order chi connectivity index (χ1) is 10.8. The molecule has 0 aromatic rings. The SMILES string of the molecule is CCCCCC=CCC=CCCC=CC=CCCCC(=O)O. The van der Waals surface area contributed by atoms with Crippen molar-refractivity contribution in [2.45, 2.75) is 71.1 Å². The lowest BCUT2D eigenvalue weighted by Gasteiger charge is -1.91. The molecule has 0 heterocycles. The molecule has 0 rings (SSSR count). The molecule has 0 fully saturated rings. The maximum atomic E-state index is 10.3. The predicted octanol–water partition coefficient (Wildman–Crippen LogP) is 6.22. The number of hydrogen-bond donors (Lipinski definition) is 1. The van der Waals surface area contributed by atoms with E-state index in [1.807, 2.05) is 18.2 Å². The van der Waals surface area contributed by atoms with Crippen molar-refractivity contribution in [2.24, 2.45) is 0 Å². The Labute approximate surface area is 136 Å². The summed E-state index contributed by atoms with van der Waals surface area (Å²) in [5, 5.41) is 8.49. The van der Waals surface area contributed by atoms with Gasteiger partial charge in [-0.1, -0.05) is 68.4 Å². The molecule has 0 aromatic carbocycles. The van der Waals surface area contributed by atoms with Crippen LogP contribution in [0.15, 0.2) is 48.6 Å². The van der Waals surface area contributed by atoms with Gasteiger partial charge in [0.1, 0.15) is 0 Å². The molecule has 0 aliphatic heterocycles. The van der Waals surface area contributed by atoms with Gasteiger partial charge in [-0.15, -0.1) is 0 Å². The number of unbranched alkanes of at least 4 members (excludes halogenated alkanes) is 5. The maximum Gasteiger partial charge on any atom is 0.303 e. The van der Waals surface area contributed by atoms with Crippen molar-refractivity contribution in [3.8, 4) is 0 Å². The zero-order chi connectivity index (χ0) is 16.3. The number of allylic oxidation sites excluding steroid dienone is 8. The number of carbonyl (C=O) groups is 1. The Bertz CT molecular complexity index is 362. The summed E-state index contributed by atoms with van der Waals surface area (Å²) in [5.74, 6) is -0.716. The summed E-state index contributed by atoms with van der Waals surface area (Å²) in [6.45, 7) is 2.23. The second kappa shape index (κ2) is 17.5. The van der Waals surface area contributed by atoms with Crippen molar-refractivity contribution < 1.29 is 9.90 Å². The van der Waals surface area contributed by atoms with E-state index in [0.29, 0.717) is 6.42 Å². The molecule has 0 aromatic heterocycles. The molecule has 124 valence electrons. The molecule has 0 saturated heterocycles. The lowest BCUT2D eigenvalue weighted by molar-refractivity contribution is -0.137. The Morgan fingerprint density at radius 3 is 2.05 bits per heavy atom. The van der Waals surface area contributed by atoms with Crippen LogP contribution >= 0.6 is 0 Å². The zero-order valence-corrected chi connectivity index (χ0v) is 14.0. The van der Waals surface area contributed by atoms with E-state index in [2.05, 4.69) is 37.3 Å². The Morgan fingerprint density at radius 1 is 0.773 bits per heavy atom. The second-order valence-corrected chi connectivity index (χ2v) is 5.39. The summed E-state index contributed by atoms with van der Waals surface area (Å²) in [4.78, 5) is 10.3. The Morgan fingerprint density at radius 2 is 1.36 bits per heavy atom. The fraction of sp³-hybridized carbons (Fsp3) is 0.550. The molecule has 2 heteroatoms. The zero-order valence-electron chi connectivity index (χ0n) is 14.0. The van der Waals surface area contributed by atoms with Crippen LogP contribution in [0.2, 0.25) is 0 Å². The third-order valence-corrected chi connectivity index (χ3v) is 3.22. The summed E-state index contributed by atoms with van der Waals surface area (Å²) >= 11 is 0. The first kappa shape index (κ1) is 20.4. The normalized spacial score (nSPS) is 12.4. The predicted molar refractivity (Wildman–Crippen MR) is 96.0 cm³/mol. The van der Waals surface area contributed by atoms with E-state index < -0.39 is 5.97 Å². The van der Waals surface area contributed by atoms with E-state index in [4.69, 9.17) is 5.11 Å². The quantitative estimate of drug-likeness (QED) is 0.235. The molecule has 2 nitrogen and oxygen atoms in total. The van der Waals surface area contributed by atoms with Crippen molar-refractivity contribution in [3.05, 3.63) is 48.6 Å². The molecule has 0 amide bonds. The van der Waals surface area contributed by atoms with Crippen LogP contribution in [0.1, 0.15) is 71.1 Å². The molecule has 22 heavy (non-hydrogen) atoms. The molecule has 0 spiro atoms. The highest BCUT2D eigenvalue weighted by Gasteiger charge is 1.92. The number of rotatable bonds is 14. The standard InChI is InChI=1S/C20H32O2/c1-2-3-4-5-6-7-8-9-10-11-12-13-14-15-16-17-18-19-20(21)22/h6-7,9-10,13-16H,2-5,8,11-12,17-19H2,1H3,(H,21,22). The number of carboxylic acids is 1. The largest absolute Gasteiger partial charge is 0.481 e. The molecule has 0 aliphatic carbocycles. The lowest BCUT2D eigenvalue weighted by atomic mass is 10.2. The first-order valence-corrected chi connectivity index (χ1v) is 8.60. The summed E-state index contributed by atoms with van der Waals surface area (Å²) in [5.41, 5.74) is 0. The van der Waals surface area contributed by atoms with Gasteiger partial charge >= 0.3 is 5.97 Å². The van der Waals surface area contributed by atoms with Crippen molar-refractivity contribution >= 4 is 5.97 Å². The minimum atomic E-state index is -0.716. The van der Waals surface area contributed by atoms with Gasteiger partial charge in [-0.3, -0.25) is 4.79 Å². The van der Waals surface area contributed by atoms with E-state index in [-0.39, 0.29) is 6.42 Å². The smallest absolute Gasteiger partial charge is 0.303 e. The summed E-state index contributed by atoms with van der Waals surface area (Å²) < 4.78 is 0. The van der Waals surface area contributed by atoms with Crippen LogP contribution in [-0.4, -0.2) is 11.1 Å². The van der Waals surface area contributed by atoms with Crippen LogP contribution in [0.5, 0.6) is 0 Å². The molecule has 0 atom stereocenters. The van der Waals surface area contributed by atoms with Crippen LogP contribution in [-0.2, 0) is 4.79 Å². The van der Waals surface area contributed by atoms with Crippen LogP contribution in [0.25, 0.3) is 0 Å². The molecule has 0 bridgehead atoms. The highest BCUT2D eigenvalue weighted by Crippen LogP contribution is 2.01. The average Bonchev–Trinajstić information content (AvgIpc) is 2.50. The fourth-order valence-corrected chi connectivity index (χ4v) is 1.93. The molecular weight excluding hydrogens is 272 g/mol. The highest BCUT2D eigenvalue weighted by molar-refractivity contribution is 5.66. The van der Waals surface area contributed by atoms with Crippen LogP contribution in [0.4, 0.5) is 0 Å². The Hall–Kier alpha value is -1.57. The van der Waals surface area contributed by atoms with E-state index in [1.54, 1.807) is 0 Å². The van der Waals surface area contributed by atoms with Gasteiger partial charge in [0.05, 0.1) is 0 Å². The van der Waals surface area contributed by atoms with Gasteiger partial charge in [0.25, 0.3) is 0 Å². The molecule has 1 N–H and O–H groups in total. The molecular formula is C20H32O2. The van der Waals surface area contributed by atoms with Gasteiger partial charge < -0.3 is 5.11 Å². The van der Waals surface area contributed by atoms with Gasteiger partial charge in [0, 0.05) is 6.42 Å². The van der Waals surface area contributed by atoms with Crippen molar-refractivity contribution in [1.29, 1.82) is 0 Å².